The fourth-order valence-corrected chi connectivity index (χ4v) is 2.09. The molecular formula is C13H18ClFN2O. The number of nitrogens with one attached hydrogen (secondary N) is 1. The summed E-state index contributed by atoms with van der Waals surface area (Å²) < 4.78 is 13.6. The van der Waals surface area contributed by atoms with Gasteiger partial charge in [-0.15, -0.1) is 0 Å². The summed E-state index contributed by atoms with van der Waals surface area (Å²) in [5, 5.41) is 2.97. The highest BCUT2D eigenvalue weighted by Gasteiger charge is 2.19. The molecule has 0 aliphatic carbocycles. The number of amides is 1. The molecule has 1 rings (SSSR count). The Bertz CT molecular complexity index is 405. The summed E-state index contributed by atoms with van der Waals surface area (Å²) in [7, 11) is 0. The van der Waals surface area contributed by atoms with Gasteiger partial charge in [0.15, 0.2) is 0 Å². The Kier molecular flexibility index (Phi) is 5.56. The molecule has 100 valence electrons. The largest absolute Gasteiger partial charge is 0.348 e. The molecule has 3 nitrogen and oxygen atoms in total. The second kappa shape index (κ2) is 6.71. The van der Waals surface area contributed by atoms with E-state index in [1.54, 1.807) is 13.0 Å². The van der Waals surface area contributed by atoms with Crippen LogP contribution in [0.2, 0.25) is 5.02 Å². The molecule has 0 heterocycles. The zero-order valence-electron chi connectivity index (χ0n) is 10.5. The first-order valence-electron chi connectivity index (χ1n) is 5.97. The highest BCUT2D eigenvalue weighted by molar-refractivity contribution is 6.31. The average molecular weight is 273 g/mol. The topological polar surface area (TPSA) is 55.1 Å². The van der Waals surface area contributed by atoms with Crippen LogP contribution in [0.5, 0.6) is 0 Å². The molecule has 0 aromatic heterocycles. The minimum atomic E-state index is -0.567. The molecule has 0 aliphatic heterocycles. The second-order valence-corrected chi connectivity index (χ2v) is 4.67. The molecule has 0 bridgehead atoms. The first kappa shape index (κ1) is 14.9. The Morgan fingerprint density at radius 3 is 2.78 bits per heavy atom. The van der Waals surface area contributed by atoms with Crippen molar-refractivity contribution < 1.29 is 9.18 Å². The number of carbonyl (C=O) groups excluding carboxylic acids is 1. The lowest BCUT2D eigenvalue weighted by Gasteiger charge is -2.19. The highest BCUT2D eigenvalue weighted by Crippen LogP contribution is 2.25. The maximum Gasteiger partial charge on any atom is 0.237 e. The van der Waals surface area contributed by atoms with Gasteiger partial charge >= 0.3 is 0 Å². The smallest absolute Gasteiger partial charge is 0.237 e. The number of hydrogen-bond donors (Lipinski definition) is 2. The van der Waals surface area contributed by atoms with Crippen LogP contribution in [-0.2, 0) is 4.79 Å². The zero-order valence-corrected chi connectivity index (χ0v) is 11.3. The molecule has 3 N–H and O–H groups in total. The standard InChI is InChI=1S/C13H18ClFN2O/c1-3-5-11(16)13(18)17-8(2)12-9(14)6-4-7-10(12)15/h4,6-8,11H,3,5,16H2,1-2H3,(H,17,18). The summed E-state index contributed by atoms with van der Waals surface area (Å²) in [5.74, 6) is -0.719. The lowest BCUT2D eigenvalue weighted by atomic mass is 10.1. The normalized spacial score (nSPS) is 14.1. The molecular weight excluding hydrogens is 255 g/mol. The van der Waals surface area contributed by atoms with Crippen molar-refractivity contribution in [1.29, 1.82) is 0 Å². The average Bonchev–Trinajstić information content (AvgIpc) is 2.28. The van der Waals surface area contributed by atoms with Crippen LogP contribution in [0.4, 0.5) is 4.39 Å². The third-order valence-corrected chi connectivity index (χ3v) is 3.06. The van der Waals surface area contributed by atoms with Gasteiger partial charge in [-0.25, -0.2) is 4.39 Å². The Morgan fingerprint density at radius 1 is 1.56 bits per heavy atom. The summed E-state index contributed by atoms with van der Waals surface area (Å²) in [6, 6.07) is 3.36. The van der Waals surface area contributed by atoms with Crippen LogP contribution in [0, 0.1) is 5.82 Å². The third kappa shape index (κ3) is 3.68. The number of rotatable bonds is 5. The van der Waals surface area contributed by atoms with Crippen LogP contribution < -0.4 is 11.1 Å². The van der Waals surface area contributed by atoms with E-state index in [1.165, 1.54) is 12.1 Å². The molecule has 0 fully saturated rings. The molecule has 18 heavy (non-hydrogen) atoms. The van der Waals surface area contributed by atoms with Crippen molar-refractivity contribution >= 4 is 17.5 Å². The van der Waals surface area contributed by atoms with Crippen LogP contribution in [0.15, 0.2) is 18.2 Å². The number of halogens is 2. The van der Waals surface area contributed by atoms with Gasteiger partial charge in [-0.2, -0.15) is 0 Å². The number of carbonyl (C=O) groups is 1. The molecule has 2 unspecified atom stereocenters. The minimum Gasteiger partial charge on any atom is -0.348 e. The van der Waals surface area contributed by atoms with Gasteiger partial charge in [0.1, 0.15) is 5.82 Å². The maximum absolute atomic E-state index is 13.6. The molecule has 1 aromatic rings. The lowest BCUT2D eigenvalue weighted by molar-refractivity contribution is -0.123. The summed E-state index contributed by atoms with van der Waals surface area (Å²) >= 11 is 5.93. The Balaban J connectivity index is 2.76. The zero-order chi connectivity index (χ0) is 13.7. The summed E-state index contributed by atoms with van der Waals surface area (Å²) in [4.78, 5) is 11.7. The van der Waals surface area contributed by atoms with Gasteiger partial charge < -0.3 is 11.1 Å². The van der Waals surface area contributed by atoms with Crippen LogP contribution in [-0.4, -0.2) is 11.9 Å². The van der Waals surface area contributed by atoms with Crippen LogP contribution in [0.25, 0.3) is 0 Å². The van der Waals surface area contributed by atoms with Crippen molar-refractivity contribution in [2.24, 2.45) is 5.73 Å². The Labute approximate surface area is 112 Å². The predicted molar refractivity (Wildman–Crippen MR) is 70.9 cm³/mol. The van der Waals surface area contributed by atoms with E-state index in [9.17, 15) is 9.18 Å². The predicted octanol–water partition coefficient (Wildman–Crippen LogP) is 2.78. The van der Waals surface area contributed by atoms with Gasteiger partial charge in [0.05, 0.1) is 12.1 Å². The number of benzene rings is 1. The lowest BCUT2D eigenvalue weighted by Crippen LogP contribution is -2.41. The summed E-state index contributed by atoms with van der Waals surface area (Å²) in [6.07, 6.45) is 1.42. The van der Waals surface area contributed by atoms with E-state index in [4.69, 9.17) is 17.3 Å². The van der Waals surface area contributed by atoms with Crippen molar-refractivity contribution in [1.82, 2.24) is 5.32 Å². The quantitative estimate of drug-likeness (QED) is 0.866. The van der Waals surface area contributed by atoms with Crippen molar-refractivity contribution in [2.45, 2.75) is 38.8 Å². The Morgan fingerprint density at radius 2 is 2.22 bits per heavy atom. The SMILES string of the molecule is CCCC(N)C(=O)NC(C)c1c(F)cccc1Cl. The number of hydrogen-bond acceptors (Lipinski definition) is 2. The van der Waals surface area contributed by atoms with Crippen LogP contribution in [0.3, 0.4) is 0 Å². The van der Waals surface area contributed by atoms with E-state index in [1.807, 2.05) is 6.92 Å². The van der Waals surface area contributed by atoms with E-state index >= 15 is 0 Å². The molecule has 5 heteroatoms. The molecule has 0 radical (unpaired) electrons. The van der Waals surface area contributed by atoms with Crippen LogP contribution in [0.1, 0.15) is 38.3 Å². The van der Waals surface area contributed by atoms with E-state index in [0.29, 0.717) is 11.4 Å². The van der Waals surface area contributed by atoms with E-state index < -0.39 is 17.9 Å². The van der Waals surface area contributed by atoms with Gasteiger partial charge in [0.25, 0.3) is 0 Å². The van der Waals surface area contributed by atoms with E-state index in [-0.39, 0.29) is 11.5 Å². The highest BCUT2D eigenvalue weighted by atomic mass is 35.5. The molecule has 1 amide bonds. The molecule has 0 saturated carbocycles. The van der Waals surface area contributed by atoms with E-state index in [0.717, 1.165) is 6.42 Å². The molecule has 1 aromatic carbocycles. The first-order valence-corrected chi connectivity index (χ1v) is 6.35. The monoisotopic (exact) mass is 272 g/mol. The van der Waals surface area contributed by atoms with E-state index in [2.05, 4.69) is 5.32 Å². The molecule has 2 atom stereocenters. The summed E-state index contributed by atoms with van der Waals surface area (Å²) in [5.41, 5.74) is 5.98. The van der Waals surface area contributed by atoms with Gasteiger partial charge in [0, 0.05) is 10.6 Å². The fraction of sp³-hybridized carbons (Fsp3) is 0.462. The van der Waals surface area contributed by atoms with Crippen LogP contribution >= 0.6 is 11.6 Å². The molecule has 0 aliphatic rings. The summed E-state index contributed by atoms with van der Waals surface area (Å²) in [6.45, 7) is 3.63. The minimum absolute atomic E-state index is 0.288. The first-order chi connectivity index (χ1) is 8.47. The second-order valence-electron chi connectivity index (χ2n) is 4.26. The third-order valence-electron chi connectivity index (χ3n) is 2.73. The van der Waals surface area contributed by atoms with Gasteiger partial charge in [0.2, 0.25) is 5.91 Å². The fourth-order valence-electron chi connectivity index (χ4n) is 1.76. The van der Waals surface area contributed by atoms with Crippen molar-refractivity contribution in [3.05, 3.63) is 34.6 Å². The molecule has 0 spiro atoms. The van der Waals surface area contributed by atoms with Gasteiger partial charge in [-0.05, 0) is 25.5 Å². The van der Waals surface area contributed by atoms with Crippen molar-refractivity contribution in [3.63, 3.8) is 0 Å². The molecule has 0 saturated heterocycles. The maximum atomic E-state index is 13.6. The number of nitrogens with two attached hydrogens (primary N) is 1. The van der Waals surface area contributed by atoms with Crippen molar-refractivity contribution in [3.8, 4) is 0 Å². The van der Waals surface area contributed by atoms with Crippen molar-refractivity contribution in [2.75, 3.05) is 0 Å². The Hall–Kier alpha value is -1.13. The van der Waals surface area contributed by atoms with Gasteiger partial charge in [-0.3, -0.25) is 4.79 Å². The van der Waals surface area contributed by atoms with Gasteiger partial charge in [-0.1, -0.05) is 31.0 Å².